The van der Waals surface area contributed by atoms with E-state index in [9.17, 15) is 9.59 Å². The van der Waals surface area contributed by atoms with Gasteiger partial charge < -0.3 is 10.1 Å². The molecule has 0 radical (unpaired) electrons. The Labute approximate surface area is 92.2 Å². The first-order valence-corrected chi connectivity index (χ1v) is 5.44. The summed E-state index contributed by atoms with van der Waals surface area (Å²) in [6, 6.07) is 0. The number of amides is 1. The summed E-state index contributed by atoms with van der Waals surface area (Å²) in [5.41, 5.74) is 0.987. The van der Waals surface area contributed by atoms with Crippen LogP contribution < -0.4 is 5.32 Å². The van der Waals surface area contributed by atoms with Crippen LogP contribution in [-0.4, -0.2) is 19.0 Å². The lowest BCUT2D eigenvalue weighted by atomic mass is 10.2. The smallest absolute Gasteiger partial charge is 0.341 e. The summed E-state index contributed by atoms with van der Waals surface area (Å²) in [7, 11) is 1.32. The molecule has 0 aliphatic rings. The average Bonchev–Trinajstić information content (AvgIpc) is 2.58. The number of ether oxygens (including phenoxy) is 1. The van der Waals surface area contributed by atoms with Gasteiger partial charge in [0, 0.05) is 16.7 Å². The van der Waals surface area contributed by atoms with Crippen LogP contribution in [0, 0.1) is 6.92 Å². The Morgan fingerprint density at radius 3 is 2.73 bits per heavy atom. The largest absolute Gasteiger partial charge is 0.465 e. The molecule has 1 N–H and O–H groups in total. The van der Waals surface area contributed by atoms with Crippen molar-refractivity contribution in [3.8, 4) is 0 Å². The quantitative estimate of drug-likeness (QED) is 0.805. The van der Waals surface area contributed by atoms with Gasteiger partial charge in [0.25, 0.3) is 0 Å². The zero-order valence-corrected chi connectivity index (χ0v) is 9.73. The number of nitrogens with one attached hydrogen (secondary N) is 1. The lowest BCUT2D eigenvalue weighted by molar-refractivity contribution is -0.115. The van der Waals surface area contributed by atoms with E-state index in [1.807, 2.05) is 6.92 Å². The Morgan fingerprint density at radius 1 is 1.53 bits per heavy atom. The molecular weight excluding hydrogens is 214 g/mol. The highest BCUT2D eigenvalue weighted by atomic mass is 32.1. The first-order valence-electron chi connectivity index (χ1n) is 4.56. The van der Waals surface area contributed by atoms with E-state index in [1.54, 1.807) is 12.3 Å². The van der Waals surface area contributed by atoms with Gasteiger partial charge in [-0.25, -0.2) is 4.79 Å². The van der Waals surface area contributed by atoms with Crippen molar-refractivity contribution in [1.82, 2.24) is 0 Å². The Morgan fingerprint density at radius 2 is 2.20 bits per heavy atom. The third-order valence-corrected chi connectivity index (χ3v) is 2.87. The van der Waals surface area contributed by atoms with Gasteiger partial charge in [-0.05, 0) is 6.92 Å². The number of esters is 1. The van der Waals surface area contributed by atoms with Crippen LogP contribution in [0.25, 0.3) is 0 Å². The van der Waals surface area contributed by atoms with E-state index in [0.717, 1.165) is 4.88 Å². The fraction of sp³-hybridized carbons (Fsp3) is 0.400. The Hall–Kier alpha value is -1.36. The topological polar surface area (TPSA) is 55.4 Å². The van der Waals surface area contributed by atoms with E-state index >= 15 is 0 Å². The Bertz CT molecular complexity index is 384. The summed E-state index contributed by atoms with van der Waals surface area (Å²) in [4.78, 5) is 23.5. The third-order valence-electron chi connectivity index (χ3n) is 1.96. The highest BCUT2D eigenvalue weighted by molar-refractivity contribution is 7.10. The highest BCUT2D eigenvalue weighted by Gasteiger charge is 2.17. The molecule has 0 aliphatic heterocycles. The van der Waals surface area contributed by atoms with Crippen molar-refractivity contribution in [3.05, 3.63) is 15.8 Å². The van der Waals surface area contributed by atoms with Gasteiger partial charge >= 0.3 is 5.97 Å². The minimum Gasteiger partial charge on any atom is -0.465 e. The van der Waals surface area contributed by atoms with Gasteiger partial charge in [0.1, 0.15) is 0 Å². The van der Waals surface area contributed by atoms with Gasteiger partial charge in [-0.3, -0.25) is 4.79 Å². The molecule has 1 rings (SSSR count). The fourth-order valence-corrected chi connectivity index (χ4v) is 1.92. The van der Waals surface area contributed by atoms with Crippen molar-refractivity contribution in [2.24, 2.45) is 0 Å². The van der Waals surface area contributed by atoms with Crippen LogP contribution in [0.5, 0.6) is 0 Å². The van der Waals surface area contributed by atoms with E-state index in [1.165, 1.54) is 18.4 Å². The zero-order valence-electron chi connectivity index (χ0n) is 8.92. The maximum Gasteiger partial charge on any atom is 0.341 e. The number of methoxy groups -OCH3 is 1. The highest BCUT2D eigenvalue weighted by Crippen LogP contribution is 2.27. The van der Waals surface area contributed by atoms with E-state index in [4.69, 9.17) is 0 Å². The number of hydrogen-bond acceptors (Lipinski definition) is 4. The van der Waals surface area contributed by atoms with Crippen molar-refractivity contribution >= 4 is 28.9 Å². The molecule has 1 amide bonds. The van der Waals surface area contributed by atoms with E-state index in [-0.39, 0.29) is 5.91 Å². The van der Waals surface area contributed by atoms with Crippen LogP contribution in [0.15, 0.2) is 5.38 Å². The molecule has 0 fully saturated rings. The van der Waals surface area contributed by atoms with Crippen LogP contribution >= 0.6 is 11.3 Å². The summed E-state index contributed by atoms with van der Waals surface area (Å²) < 4.78 is 4.65. The molecule has 0 saturated carbocycles. The lowest BCUT2D eigenvalue weighted by Crippen LogP contribution is -2.13. The molecule has 82 valence electrons. The van der Waals surface area contributed by atoms with Crippen molar-refractivity contribution in [2.75, 3.05) is 12.4 Å². The SMILES string of the molecule is CCC(=O)Nc1csc(C)c1C(=O)OC. The van der Waals surface area contributed by atoms with Gasteiger partial charge in [0.2, 0.25) is 5.91 Å². The molecular formula is C10H13NO3S. The second-order valence-corrected chi connectivity index (χ2v) is 4.06. The lowest BCUT2D eigenvalue weighted by Gasteiger charge is -2.04. The molecule has 0 atom stereocenters. The van der Waals surface area contributed by atoms with E-state index in [0.29, 0.717) is 17.7 Å². The first kappa shape index (κ1) is 11.7. The molecule has 1 aromatic rings. The second-order valence-electron chi connectivity index (χ2n) is 2.97. The standard InChI is InChI=1S/C10H13NO3S/c1-4-8(12)11-7-5-15-6(2)9(7)10(13)14-3/h5H,4H2,1-3H3,(H,11,12). The predicted molar refractivity (Wildman–Crippen MR) is 59.3 cm³/mol. The van der Waals surface area contributed by atoms with E-state index < -0.39 is 5.97 Å². The monoisotopic (exact) mass is 227 g/mol. The number of hydrogen-bond donors (Lipinski definition) is 1. The number of rotatable bonds is 3. The van der Waals surface area contributed by atoms with Gasteiger partial charge in [-0.2, -0.15) is 0 Å². The minimum absolute atomic E-state index is 0.113. The Balaban J connectivity index is 2.98. The molecule has 0 saturated heterocycles. The van der Waals surface area contributed by atoms with E-state index in [2.05, 4.69) is 10.1 Å². The molecule has 0 spiro atoms. The minimum atomic E-state index is -0.417. The number of carbonyl (C=O) groups is 2. The average molecular weight is 227 g/mol. The summed E-state index contributed by atoms with van der Waals surface area (Å²) in [5, 5.41) is 4.41. The first-order chi connectivity index (χ1) is 7.10. The van der Waals surface area contributed by atoms with Crippen molar-refractivity contribution < 1.29 is 14.3 Å². The molecule has 5 heteroatoms. The molecule has 15 heavy (non-hydrogen) atoms. The molecule has 0 aliphatic carbocycles. The molecule has 0 unspecified atom stereocenters. The molecule has 1 aromatic heterocycles. The van der Waals surface area contributed by atoms with Crippen molar-refractivity contribution in [3.63, 3.8) is 0 Å². The molecule has 0 bridgehead atoms. The second kappa shape index (κ2) is 4.93. The Kier molecular flexibility index (Phi) is 3.85. The zero-order chi connectivity index (χ0) is 11.4. The predicted octanol–water partition coefficient (Wildman–Crippen LogP) is 2.19. The number of thiophene rings is 1. The van der Waals surface area contributed by atoms with Gasteiger partial charge in [-0.15, -0.1) is 11.3 Å². The molecule has 0 aromatic carbocycles. The fourth-order valence-electron chi connectivity index (χ4n) is 1.14. The normalized spacial score (nSPS) is 9.80. The van der Waals surface area contributed by atoms with Crippen molar-refractivity contribution in [2.45, 2.75) is 20.3 Å². The van der Waals surface area contributed by atoms with Crippen molar-refractivity contribution in [1.29, 1.82) is 0 Å². The summed E-state index contributed by atoms with van der Waals surface area (Å²) in [5.74, 6) is -0.530. The summed E-state index contributed by atoms with van der Waals surface area (Å²) >= 11 is 1.41. The van der Waals surface area contributed by atoms with Crippen LogP contribution in [0.3, 0.4) is 0 Å². The number of carbonyl (C=O) groups excluding carboxylic acids is 2. The number of anilines is 1. The number of aryl methyl sites for hydroxylation is 1. The van der Waals surface area contributed by atoms with Gasteiger partial charge in [0.05, 0.1) is 18.4 Å². The molecule has 1 heterocycles. The molecule has 4 nitrogen and oxygen atoms in total. The third kappa shape index (κ3) is 2.56. The van der Waals surface area contributed by atoms with Gasteiger partial charge in [0.15, 0.2) is 0 Å². The maximum absolute atomic E-state index is 11.4. The van der Waals surface area contributed by atoms with Crippen LogP contribution in [-0.2, 0) is 9.53 Å². The van der Waals surface area contributed by atoms with Crippen LogP contribution in [0.1, 0.15) is 28.6 Å². The van der Waals surface area contributed by atoms with Crippen LogP contribution in [0.2, 0.25) is 0 Å². The van der Waals surface area contributed by atoms with Gasteiger partial charge in [-0.1, -0.05) is 6.92 Å². The maximum atomic E-state index is 11.4. The van der Waals surface area contributed by atoms with Crippen LogP contribution in [0.4, 0.5) is 5.69 Å². The summed E-state index contributed by atoms with van der Waals surface area (Å²) in [6.45, 7) is 3.57. The summed E-state index contributed by atoms with van der Waals surface area (Å²) in [6.07, 6.45) is 0.384.